The van der Waals surface area contributed by atoms with Crippen molar-refractivity contribution in [2.45, 2.75) is 54.0 Å². The number of hydrogen-bond acceptors (Lipinski definition) is 2. The fraction of sp³-hybridized carbons (Fsp3) is 1.00. The third-order valence-corrected chi connectivity index (χ3v) is 7.75. The fourth-order valence-electron chi connectivity index (χ4n) is 4.44. The van der Waals surface area contributed by atoms with Gasteiger partial charge in [0.25, 0.3) is 0 Å². The molecule has 2 heterocycles. The lowest BCUT2D eigenvalue weighted by Gasteiger charge is -2.38. The molecule has 2 nitrogen and oxygen atoms in total. The van der Waals surface area contributed by atoms with Crippen molar-refractivity contribution in [3.63, 3.8) is 0 Å². The van der Waals surface area contributed by atoms with Gasteiger partial charge < -0.3 is 0 Å². The van der Waals surface area contributed by atoms with E-state index in [1.807, 2.05) is 0 Å². The maximum atomic E-state index is 2.85. The quantitative estimate of drug-likeness (QED) is 0.322. The molecule has 0 aromatic carbocycles. The molecule has 0 radical (unpaired) electrons. The first-order valence-corrected chi connectivity index (χ1v) is 10.8. The van der Waals surface area contributed by atoms with Gasteiger partial charge in [0, 0.05) is 19.1 Å². The zero-order valence-corrected chi connectivity index (χ0v) is 17.1. The standard InChI is InChI=1S/C16H28I2N2/c1-12(2)13-3-7-19(8-4-13)14-11-16(14)5-9-20(10-6-16)15(17)18/h12-15H,3-11H2,1-2H3. The lowest BCUT2D eigenvalue weighted by Crippen LogP contribution is -2.42. The number of rotatable bonds is 3. The van der Waals surface area contributed by atoms with Crippen molar-refractivity contribution in [2.75, 3.05) is 26.2 Å². The third kappa shape index (κ3) is 3.32. The molecule has 1 saturated carbocycles. The van der Waals surface area contributed by atoms with Crippen LogP contribution >= 0.6 is 45.2 Å². The monoisotopic (exact) mass is 502 g/mol. The summed E-state index contributed by atoms with van der Waals surface area (Å²) in [6.07, 6.45) is 7.29. The minimum absolute atomic E-state index is 0.682. The Morgan fingerprint density at radius 2 is 1.60 bits per heavy atom. The Bertz CT molecular complexity index is 329. The van der Waals surface area contributed by atoms with Gasteiger partial charge in [-0.25, -0.2) is 0 Å². The molecule has 1 atom stereocenters. The summed E-state index contributed by atoms with van der Waals surface area (Å²) in [7, 11) is 0. The van der Waals surface area contributed by atoms with Crippen LogP contribution in [0.3, 0.4) is 0 Å². The Balaban J connectivity index is 1.48. The lowest BCUT2D eigenvalue weighted by molar-refractivity contribution is 0.111. The zero-order valence-electron chi connectivity index (χ0n) is 12.8. The summed E-state index contributed by atoms with van der Waals surface area (Å²) < 4.78 is 0.682. The lowest BCUT2D eigenvalue weighted by atomic mass is 9.86. The summed E-state index contributed by atoms with van der Waals surface area (Å²) in [4.78, 5) is 5.49. The average Bonchev–Trinajstić information content (AvgIpc) is 3.13. The smallest absolute Gasteiger partial charge is 0.114 e. The number of halogens is 2. The van der Waals surface area contributed by atoms with Gasteiger partial charge in [-0.3, -0.25) is 9.80 Å². The van der Waals surface area contributed by atoms with Crippen LogP contribution in [0.25, 0.3) is 0 Å². The van der Waals surface area contributed by atoms with Crippen LogP contribution in [0.5, 0.6) is 0 Å². The number of hydrogen-bond donors (Lipinski definition) is 0. The van der Waals surface area contributed by atoms with E-state index in [1.54, 1.807) is 0 Å². The van der Waals surface area contributed by atoms with Gasteiger partial charge in [0.2, 0.25) is 0 Å². The van der Waals surface area contributed by atoms with E-state index < -0.39 is 0 Å². The second kappa shape index (κ2) is 6.48. The maximum absolute atomic E-state index is 2.85. The first-order chi connectivity index (χ1) is 9.52. The summed E-state index contributed by atoms with van der Waals surface area (Å²) in [6.45, 7) is 10.2. The summed E-state index contributed by atoms with van der Waals surface area (Å²) in [5.41, 5.74) is 0.726. The molecule has 3 rings (SSSR count). The van der Waals surface area contributed by atoms with Crippen LogP contribution in [0.4, 0.5) is 0 Å². The highest BCUT2D eigenvalue weighted by atomic mass is 127. The van der Waals surface area contributed by atoms with Crippen molar-refractivity contribution >= 4 is 45.2 Å². The molecule has 3 aliphatic rings. The van der Waals surface area contributed by atoms with Crippen molar-refractivity contribution in [2.24, 2.45) is 17.3 Å². The summed E-state index contributed by atoms with van der Waals surface area (Å²) in [5.74, 6) is 1.87. The summed E-state index contributed by atoms with van der Waals surface area (Å²) in [6, 6.07) is 0.944. The van der Waals surface area contributed by atoms with E-state index in [4.69, 9.17) is 0 Å². The van der Waals surface area contributed by atoms with Crippen molar-refractivity contribution < 1.29 is 0 Å². The van der Waals surface area contributed by atoms with E-state index in [0.717, 1.165) is 23.3 Å². The predicted octanol–water partition coefficient (Wildman–Crippen LogP) is 4.36. The molecule has 116 valence electrons. The molecule has 2 aliphatic heterocycles. The molecule has 3 fully saturated rings. The number of nitrogens with zero attached hydrogens (tertiary/aromatic N) is 2. The first kappa shape index (κ1) is 16.2. The minimum Gasteiger partial charge on any atom is -0.300 e. The molecule has 0 N–H and O–H groups in total. The second-order valence-electron chi connectivity index (χ2n) is 7.51. The van der Waals surface area contributed by atoms with Gasteiger partial charge in [-0.15, -0.1) is 0 Å². The summed E-state index contributed by atoms with van der Waals surface area (Å²) >= 11 is 5.11. The number of piperidine rings is 2. The molecule has 1 aliphatic carbocycles. The topological polar surface area (TPSA) is 6.48 Å². The Morgan fingerprint density at radius 3 is 2.10 bits per heavy atom. The molecular formula is C16H28I2N2. The van der Waals surface area contributed by atoms with Gasteiger partial charge in [-0.2, -0.15) is 0 Å². The van der Waals surface area contributed by atoms with Crippen molar-refractivity contribution in [1.29, 1.82) is 0 Å². The van der Waals surface area contributed by atoms with E-state index in [9.17, 15) is 0 Å². The molecular weight excluding hydrogens is 474 g/mol. The van der Waals surface area contributed by atoms with E-state index in [1.165, 1.54) is 58.3 Å². The number of alkyl halides is 2. The largest absolute Gasteiger partial charge is 0.300 e. The second-order valence-corrected chi connectivity index (χ2v) is 12.3. The molecule has 1 unspecified atom stereocenters. The Hall–Kier alpha value is 1.38. The normalized spacial score (nSPS) is 32.4. The van der Waals surface area contributed by atoms with Gasteiger partial charge in [0.15, 0.2) is 0 Å². The van der Waals surface area contributed by atoms with Crippen LogP contribution < -0.4 is 0 Å². The first-order valence-electron chi connectivity index (χ1n) is 8.28. The number of likely N-dealkylation sites (tertiary alicyclic amines) is 2. The molecule has 4 heteroatoms. The molecule has 0 aromatic heterocycles. The van der Waals surface area contributed by atoms with E-state index in [2.05, 4.69) is 68.8 Å². The van der Waals surface area contributed by atoms with Gasteiger partial charge in [0.05, 0.1) is 0 Å². The Kier molecular flexibility index (Phi) is 5.26. The van der Waals surface area contributed by atoms with Gasteiger partial charge in [-0.1, -0.05) is 59.0 Å². The maximum Gasteiger partial charge on any atom is 0.114 e. The van der Waals surface area contributed by atoms with Crippen molar-refractivity contribution in [3.8, 4) is 0 Å². The molecule has 0 amide bonds. The van der Waals surface area contributed by atoms with Crippen LogP contribution in [0.2, 0.25) is 0 Å². The van der Waals surface area contributed by atoms with Crippen LogP contribution in [0, 0.1) is 17.3 Å². The van der Waals surface area contributed by atoms with Crippen molar-refractivity contribution in [1.82, 2.24) is 9.80 Å². The van der Waals surface area contributed by atoms with Gasteiger partial charge in [-0.05, 0) is 62.4 Å². The average molecular weight is 502 g/mol. The van der Waals surface area contributed by atoms with Gasteiger partial charge in [0.1, 0.15) is 2.06 Å². The van der Waals surface area contributed by atoms with Crippen LogP contribution in [0.15, 0.2) is 0 Å². The van der Waals surface area contributed by atoms with E-state index in [0.29, 0.717) is 2.06 Å². The van der Waals surface area contributed by atoms with Crippen LogP contribution in [-0.2, 0) is 0 Å². The van der Waals surface area contributed by atoms with Crippen LogP contribution in [-0.4, -0.2) is 44.1 Å². The molecule has 20 heavy (non-hydrogen) atoms. The van der Waals surface area contributed by atoms with E-state index in [-0.39, 0.29) is 0 Å². The zero-order chi connectivity index (χ0) is 14.3. The third-order valence-electron chi connectivity index (χ3n) is 6.17. The van der Waals surface area contributed by atoms with Gasteiger partial charge >= 0.3 is 0 Å². The predicted molar refractivity (Wildman–Crippen MR) is 103 cm³/mol. The summed E-state index contributed by atoms with van der Waals surface area (Å²) in [5, 5.41) is 0. The SMILES string of the molecule is CC(C)C1CCN(C2CC23CCN(C(I)I)CC3)CC1. The fourth-order valence-corrected chi connectivity index (χ4v) is 5.56. The Morgan fingerprint density at radius 1 is 1.00 bits per heavy atom. The van der Waals surface area contributed by atoms with E-state index >= 15 is 0 Å². The molecule has 2 saturated heterocycles. The molecule has 0 bridgehead atoms. The molecule has 0 aromatic rings. The minimum atomic E-state index is 0.682. The Labute approximate surface area is 151 Å². The van der Waals surface area contributed by atoms with Crippen molar-refractivity contribution in [3.05, 3.63) is 0 Å². The highest BCUT2D eigenvalue weighted by Gasteiger charge is 2.57. The highest BCUT2D eigenvalue weighted by Crippen LogP contribution is 2.57. The molecule has 1 spiro atoms. The van der Waals surface area contributed by atoms with Crippen LogP contribution in [0.1, 0.15) is 46.0 Å². The highest BCUT2D eigenvalue weighted by molar-refractivity contribution is 14.2.